The van der Waals surface area contributed by atoms with Gasteiger partial charge < -0.3 is 19.6 Å². The van der Waals surface area contributed by atoms with E-state index in [0.717, 1.165) is 0 Å². The largest absolute Gasteiger partial charge is 0.471 e. The summed E-state index contributed by atoms with van der Waals surface area (Å²) in [4.78, 5) is 25.1. The number of rotatable bonds is 6. The van der Waals surface area contributed by atoms with Crippen molar-refractivity contribution in [3.8, 4) is 5.75 Å². The predicted octanol–water partition coefficient (Wildman–Crippen LogP) is 1.71. The molecule has 7 heteroatoms. The minimum Gasteiger partial charge on any atom is -0.471 e. The second-order valence-corrected chi connectivity index (χ2v) is 3.51. The number of carbonyl (C=O) groups excluding carboxylic acids is 1. The zero-order valence-electron chi connectivity index (χ0n) is 10.2. The van der Waals surface area contributed by atoms with E-state index in [4.69, 9.17) is 9.47 Å². The first-order chi connectivity index (χ1) is 8.56. The first-order valence-electron chi connectivity index (χ1n) is 5.49. The number of esters is 1. The van der Waals surface area contributed by atoms with Gasteiger partial charge in [-0.2, -0.15) is 0 Å². The molecule has 0 saturated heterocycles. The molecule has 0 radical (unpaired) electrons. The van der Waals surface area contributed by atoms with Crippen LogP contribution in [0.5, 0.6) is 5.75 Å². The Kier molecular flexibility index (Phi) is 5.04. The molecule has 0 spiro atoms. The Morgan fingerprint density at radius 2 is 2.33 bits per heavy atom. The summed E-state index contributed by atoms with van der Waals surface area (Å²) in [5, 5.41) is 10.7. The van der Waals surface area contributed by atoms with E-state index in [1.54, 1.807) is 0 Å². The molecule has 1 rings (SSSR count). The van der Waals surface area contributed by atoms with Gasteiger partial charge in [-0.1, -0.05) is 6.92 Å². The maximum atomic E-state index is 11.4. The van der Waals surface area contributed by atoms with Crippen LogP contribution in [0.15, 0.2) is 18.3 Å². The van der Waals surface area contributed by atoms with Crippen LogP contribution in [0.25, 0.3) is 0 Å². The van der Waals surface area contributed by atoms with Crippen molar-refractivity contribution in [2.75, 3.05) is 6.61 Å². The zero-order valence-corrected chi connectivity index (χ0v) is 10.2. The number of hydrogen-bond acceptors (Lipinski definition) is 6. The molecule has 0 fully saturated rings. The topological polar surface area (TPSA) is 91.6 Å². The lowest BCUT2D eigenvalue weighted by Gasteiger charge is -2.13. The van der Waals surface area contributed by atoms with E-state index < -0.39 is 22.8 Å². The molecule has 1 unspecified atom stereocenters. The minimum atomic E-state index is -0.917. The molecule has 0 aliphatic heterocycles. The van der Waals surface area contributed by atoms with Crippen molar-refractivity contribution < 1.29 is 19.2 Å². The van der Waals surface area contributed by atoms with Gasteiger partial charge in [0, 0.05) is 0 Å². The van der Waals surface area contributed by atoms with Crippen LogP contribution in [-0.2, 0) is 9.53 Å². The summed E-state index contributed by atoms with van der Waals surface area (Å²) in [6.07, 6.45) is 1.07. The van der Waals surface area contributed by atoms with Crippen LogP contribution in [0.2, 0.25) is 0 Å². The van der Waals surface area contributed by atoms with Gasteiger partial charge in [-0.15, -0.1) is 0 Å². The van der Waals surface area contributed by atoms with Crippen molar-refractivity contribution in [3.63, 3.8) is 0 Å². The Bertz CT molecular complexity index is 435. The van der Waals surface area contributed by atoms with Crippen molar-refractivity contribution in [2.24, 2.45) is 0 Å². The average Bonchev–Trinajstić information content (AvgIpc) is 2.36. The molecule has 0 N–H and O–H groups in total. The lowest BCUT2D eigenvalue weighted by molar-refractivity contribution is -0.390. The molecule has 7 nitrogen and oxygen atoms in total. The first kappa shape index (κ1) is 13.9. The third-order valence-corrected chi connectivity index (χ3v) is 2.01. The molecule has 18 heavy (non-hydrogen) atoms. The average molecular weight is 254 g/mol. The van der Waals surface area contributed by atoms with Crippen molar-refractivity contribution in [2.45, 2.75) is 26.4 Å². The van der Waals surface area contributed by atoms with Crippen molar-refractivity contribution in [1.29, 1.82) is 0 Å². The molecule has 0 aromatic carbocycles. The Hall–Kier alpha value is -2.18. The normalized spacial score (nSPS) is 11.7. The van der Waals surface area contributed by atoms with Gasteiger partial charge in [-0.3, -0.25) is 0 Å². The summed E-state index contributed by atoms with van der Waals surface area (Å²) >= 11 is 0. The molecular formula is C11H14N2O5. The van der Waals surface area contributed by atoms with Gasteiger partial charge in [0.15, 0.2) is 6.10 Å². The molecule has 98 valence electrons. The molecule has 0 saturated carbocycles. The van der Waals surface area contributed by atoms with Crippen LogP contribution >= 0.6 is 0 Å². The Balaban J connectivity index is 2.72. The third-order valence-electron chi connectivity index (χ3n) is 2.01. The maximum Gasteiger partial charge on any atom is 0.406 e. The summed E-state index contributed by atoms with van der Waals surface area (Å²) in [7, 11) is 0. The van der Waals surface area contributed by atoms with E-state index in [-0.39, 0.29) is 5.75 Å². The number of carbonyl (C=O) groups is 1. The molecule has 1 heterocycles. The summed E-state index contributed by atoms with van der Waals surface area (Å²) in [6, 6.07) is 2.88. The summed E-state index contributed by atoms with van der Waals surface area (Å²) in [5.41, 5.74) is 0. The first-order valence-corrected chi connectivity index (χ1v) is 5.49. The second kappa shape index (κ2) is 6.53. The van der Waals surface area contributed by atoms with E-state index in [0.29, 0.717) is 13.0 Å². The molecule has 1 aromatic rings. The van der Waals surface area contributed by atoms with Crippen LogP contribution in [0.1, 0.15) is 20.3 Å². The smallest absolute Gasteiger partial charge is 0.406 e. The Morgan fingerprint density at radius 1 is 1.61 bits per heavy atom. The fourth-order valence-electron chi connectivity index (χ4n) is 1.17. The van der Waals surface area contributed by atoms with Crippen LogP contribution in [-0.4, -0.2) is 28.6 Å². The minimum absolute atomic E-state index is 0.0524. The molecule has 0 amide bonds. The molecule has 0 aliphatic rings. The number of nitrogens with zero attached hydrogens (tertiary/aromatic N) is 2. The standard InChI is InChI=1S/C11H14N2O5/c1-3-7-17-11(14)8(2)18-9-5-4-6-12-10(9)13(15)16/h4-6,8H,3,7H2,1-2H3. The van der Waals surface area contributed by atoms with Gasteiger partial charge >= 0.3 is 11.8 Å². The number of hydrogen-bond donors (Lipinski definition) is 0. The fourth-order valence-corrected chi connectivity index (χ4v) is 1.17. The number of pyridine rings is 1. The molecule has 0 bridgehead atoms. The van der Waals surface area contributed by atoms with E-state index in [1.807, 2.05) is 6.92 Å². The number of aromatic nitrogens is 1. The predicted molar refractivity (Wildman–Crippen MR) is 62.2 cm³/mol. The maximum absolute atomic E-state index is 11.4. The van der Waals surface area contributed by atoms with E-state index in [9.17, 15) is 14.9 Å². The molecule has 0 aliphatic carbocycles. The highest BCUT2D eigenvalue weighted by Crippen LogP contribution is 2.24. The lowest BCUT2D eigenvalue weighted by Crippen LogP contribution is -2.26. The Morgan fingerprint density at radius 3 is 2.94 bits per heavy atom. The third kappa shape index (κ3) is 3.69. The van der Waals surface area contributed by atoms with E-state index >= 15 is 0 Å². The molecular weight excluding hydrogens is 240 g/mol. The van der Waals surface area contributed by atoms with Gasteiger partial charge in [0.25, 0.3) is 0 Å². The molecule has 1 atom stereocenters. The molecule has 1 aromatic heterocycles. The van der Waals surface area contributed by atoms with E-state index in [2.05, 4.69) is 4.98 Å². The van der Waals surface area contributed by atoms with Gasteiger partial charge in [0.2, 0.25) is 5.75 Å². The van der Waals surface area contributed by atoms with Crippen molar-refractivity contribution >= 4 is 11.8 Å². The highest BCUT2D eigenvalue weighted by Gasteiger charge is 2.22. The van der Waals surface area contributed by atoms with Crippen LogP contribution in [0.4, 0.5) is 5.82 Å². The highest BCUT2D eigenvalue weighted by molar-refractivity contribution is 5.74. The second-order valence-electron chi connectivity index (χ2n) is 3.51. The summed E-state index contributed by atoms with van der Waals surface area (Å²) in [6.45, 7) is 3.63. The SMILES string of the molecule is CCCOC(=O)C(C)Oc1cccnc1[N+](=O)[O-]. The van der Waals surface area contributed by atoms with Gasteiger partial charge in [-0.25, -0.2) is 4.79 Å². The van der Waals surface area contributed by atoms with E-state index in [1.165, 1.54) is 25.3 Å². The quantitative estimate of drug-likeness (QED) is 0.436. The lowest BCUT2D eigenvalue weighted by atomic mass is 10.4. The van der Waals surface area contributed by atoms with Crippen molar-refractivity contribution in [3.05, 3.63) is 28.4 Å². The number of nitro groups is 1. The van der Waals surface area contributed by atoms with Gasteiger partial charge in [0.05, 0.1) is 6.61 Å². The van der Waals surface area contributed by atoms with Gasteiger partial charge in [0.1, 0.15) is 6.20 Å². The monoisotopic (exact) mass is 254 g/mol. The van der Waals surface area contributed by atoms with Crippen LogP contribution in [0.3, 0.4) is 0 Å². The fraction of sp³-hybridized carbons (Fsp3) is 0.455. The van der Waals surface area contributed by atoms with Crippen LogP contribution < -0.4 is 4.74 Å². The van der Waals surface area contributed by atoms with Crippen molar-refractivity contribution in [1.82, 2.24) is 4.98 Å². The summed E-state index contributed by atoms with van der Waals surface area (Å²) < 4.78 is 10.1. The zero-order chi connectivity index (χ0) is 13.5. The number of ether oxygens (including phenoxy) is 2. The van der Waals surface area contributed by atoms with Crippen LogP contribution in [0, 0.1) is 10.1 Å². The Labute approximate surface area is 104 Å². The van der Waals surface area contributed by atoms with Gasteiger partial charge in [-0.05, 0) is 35.4 Å². The highest BCUT2D eigenvalue weighted by atomic mass is 16.6. The summed E-state index contributed by atoms with van der Waals surface area (Å²) in [5.74, 6) is -1.04.